The normalized spacial score (nSPS) is 10.3. The molecular formula is C10H14NO. The molecule has 2 nitrogen and oxygen atoms in total. The second kappa shape index (κ2) is 4.12. The Kier molecular flexibility index (Phi) is 3.11. The Bertz CT molecular complexity index is 228. The summed E-state index contributed by atoms with van der Waals surface area (Å²) in [6.07, 6.45) is 0.210. The van der Waals surface area contributed by atoms with Gasteiger partial charge in [-0.05, 0) is 37.6 Å². The summed E-state index contributed by atoms with van der Waals surface area (Å²) in [6, 6.07) is 8.71. The van der Waals surface area contributed by atoms with Crippen LogP contribution in [0.25, 0.3) is 0 Å². The Labute approximate surface area is 73.3 Å². The molecule has 0 saturated heterocycles. The lowest BCUT2D eigenvalue weighted by atomic mass is 10.2. The Morgan fingerprint density at radius 3 is 2.67 bits per heavy atom. The summed E-state index contributed by atoms with van der Waals surface area (Å²) in [4.78, 5) is 0. The van der Waals surface area contributed by atoms with Crippen molar-refractivity contribution in [3.05, 3.63) is 29.8 Å². The van der Waals surface area contributed by atoms with E-state index in [1.165, 1.54) is 0 Å². The van der Waals surface area contributed by atoms with Crippen molar-refractivity contribution in [3.8, 4) is 5.75 Å². The molecule has 0 aliphatic heterocycles. The average molecular weight is 164 g/mol. The fourth-order valence-electron chi connectivity index (χ4n) is 0.915. The van der Waals surface area contributed by atoms with Gasteiger partial charge in [0.25, 0.3) is 0 Å². The van der Waals surface area contributed by atoms with E-state index in [1.807, 2.05) is 32.0 Å². The van der Waals surface area contributed by atoms with E-state index >= 15 is 0 Å². The number of benzene rings is 1. The third-order valence-electron chi connectivity index (χ3n) is 1.44. The van der Waals surface area contributed by atoms with Crippen LogP contribution in [-0.4, -0.2) is 6.10 Å². The van der Waals surface area contributed by atoms with Gasteiger partial charge in [0, 0.05) is 6.54 Å². The lowest BCUT2D eigenvalue weighted by Crippen LogP contribution is -2.05. The van der Waals surface area contributed by atoms with E-state index in [2.05, 4.69) is 6.07 Å². The molecule has 2 heteroatoms. The van der Waals surface area contributed by atoms with Crippen molar-refractivity contribution in [2.24, 2.45) is 5.73 Å². The summed E-state index contributed by atoms with van der Waals surface area (Å²) < 4.78 is 5.44. The molecule has 65 valence electrons. The minimum Gasteiger partial charge on any atom is -0.491 e. The van der Waals surface area contributed by atoms with Gasteiger partial charge in [0.15, 0.2) is 0 Å². The Morgan fingerprint density at radius 1 is 1.50 bits per heavy atom. The molecule has 0 amide bonds. The van der Waals surface area contributed by atoms with Crippen LogP contribution in [0, 0.1) is 6.07 Å². The third kappa shape index (κ3) is 2.55. The van der Waals surface area contributed by atoms with Crippen molar-refractivity contribution in [2.75, 3.05) is 0 Å². The van der Waals surface area contributed by atoms with E-state index in [-0.39, 0.29) is 6.10 Å². The van der Waals surface area contributed by atoms with Crippen LogP contribution >= 0.6 is 0 Å². The van der Waals surface area contributed by atoms with Crippen LogP contribution in [0.3, 0.4) is 0 Å². The van der Waals surface area contributed by atoms with Gasteiger partial charge >= 0.3 is 0 Å². The van der Waals surface area contributed by atoms with Crippen molar-refractivity contribution in [3.63, 3.8) is 0 Å². The molecule has 0 aromatic heterocycles. The largest absolute Gasteiger partial charge is 0.491 e. The molecule has 1 aromatic rings. The van der Waals surface area contributed by atoms with E-state index in [0.29, 0.717) is 6.54 Å². The maximum atomic E-state index is 5.44. The standard InChI is InChI=1S/C10H14NO/c1-8(2)12-10-5-3-9(7-11)4-6-10/h3,5-6,8H,7,11H2,1-2H3. The molecule has 0 bridgehead atoms. The predicted molar refractivity (Wildman–Crippen MR) is 48.9 cm³/mol. The third-order valence-corrected chi connectivity index (χ3v) is 1.44. The summed E-state index contributed by atoms with van der Waals surface area (Å²) in [5.41, 5.74) is 6.43. The zero-order valence-corrected chi connectivity index (χ0v) is 7.50. The molecule has 0 fully saturated rings. The van der Waals surface area contributed by atoms with E-state index in [1.54, 1.807) is 0 Å². The highest BCUT2D eigenvalue weighted by Gasteiger charge is 1.96. The average Bonchev–Trinajstić information content (AvgIpc) is 2.05. The van der Waals surface area contributed by atoms with Crippen molar-refractivity contribution < 1.29 is 4.74 Å². The number of ether oxygens (including phenoxy) is 1. The molecule has 0 unspecified atom stereocenters. The smallest absolute Gasteiger partial charge is 0.120 e. The van der Waals surface area contributed by atoms with Crippen LogP contribution in [0.15, 0.2) is 18.2 Å². The first-order valence-corrected chi connectivity index (χ1v) is 4.09. The minimum absolute atomic E-state index is 0.210. The van der Waals surface area contributed by atoms with Crippen molar-refractivity contribution >= 4 is 0 Å². The Morgan fingerprint density at radius 2 is 2.25 bits per heavy atom. The van der Waals surface area contributed by atoms with Gasteiger partial charge in [-0.2, -0.15) is 0 Å². The topological polar surface area (TPSA) is 35.2 Å². The molecule has 2 N–H and O–H groups in total. The molecule has 0 aliphatic carbocycles. The van der Waals surface area contributed by atoms with Crippen LogP contribution in [0.4, 0.5) is 0 Å². The van der Waals surface area contributed by atoms with Crippen molar-refractivity contribution in [1.82, 2.24) is 0 Å². The molecule has 0 atom stereocenters. The SMILES string of the molecule is CC(C)Oc1c[c]c(CN)cc1. The summed E-state index contributed by atoms with van der Waals surface area (Å²) in [7, 11) is 0. The Balaban J connectivity index is 2.65. The first kappa shape index (κ1) is 9.07. The van der Waals surface area contributed by atoms with Crippen LogP contribution < -0.4 is 10.5 Å². The highest BCUT2D eigenvalue weighted by molar-refractivity contribution is 5.26. The summed E-state index contributed by atoms with van der Waals surface area (Å²) in [5.74, 6) is 0.849. The van der Waals surface area contributed by atoms with Crippen LogP contribution in [-0.2, 0) is 6.54 Å². The van der Waals surface area contributed by atoms with E-state index in [0.717, 1.165) is 11.3 Å². The predicted octanol–water partition coefficient (Wildman–Crippen LogP) is 1.73. The van der Waals surface area contributed by atoms with E-state index in [4.69, 9.17) is 10.5 Å². The molecule has 1 rings (SSSR count). The zero-order chi connectivity index (χ0) is 8.97. The quantitative estimate of drug-likeness (QED) is 0.738. The van der Waals surface area contributed by atoms with Gasteiger partial charge in [-0.3, -0.25) is 0 Å². The van der Waals surface area contributed by atoms with Crippen molar-refractivity contribution in [1.29, 1.82) is 0 Å². The lowest BCUT2D eigenvalue weighted by Gasteiger charge is -2.09. The summed E-state index contributed by atoms with van der Waals surface area (Å²) in [5, 5.41) is 0. The van der Waals surface area contributed by atoms with Crippen LogP contribution in [0.1, 0.15) is 19.4 Å². The minimum atomic E-state index is 0.210. The molecule has 12 heavy (non-hydrogen) atoms. The number of rotatable bonds is 3. The maximum Gasteiger partial charge on any atom is 0.120 e. The first-order valence-electron chi connectivity index (χ1n) is 4.09. The van der Waals surface area contributed by atoms with E-state index < -0.39 is 0 Å². The maximum absolute atomic E-state index is 5.44. The number of hydrogen-bond donors (Lipinski definition) is 1. The van der Waals surface area contributed by atoms with Gasteiger partial charge in [-0.1, -0.05) is 6.07 Å². The highest BCUT2D eigenvalue weighted by atomic mass is 16.5. The second-order valence-electron chi connectivity index (χ2n) is 2.92. The molecule has 0 saturated carbocycles. The zero-order valence-electron chi connectivity index (χ0n) is 7.50. The summed E-state index contributed by atoms with van der Waals surface area (Å²) >= 11 is 0. The lowest BCUT2D eigenvalue weighted by molar-refractivity contribution is 0.242. The van der Waals surface area contributed by atoms with Gasteiger partial charge in [0.05, 0.1) is 6.10 Å². The molecule has 1 radical (unpaired) electrons. The first-order chi connectivity index (χ1) is 5.72. The molecule has 0 spiro atoms. The fraction of sp³-hybridized carbons (Fsp3) is 0.400. The molecule has 0 aliphatic rings. The molecule has 0 heterocycles. The molecule has 1 aromatic carbocycles. The Hall–Kier alpha value is -1.02. The van der Waals surface area contributed by atoms with Crippen molar-refractivity contribution in [2.45, 2.75) is 26.5 Å². The number of hydrogen-bond acceptors (Lipinski definition) is 2. The van der Waals surface area contributed by atoms with E-state index in [9.17, 15) is 0 Å². The van der Waals surface area contributed by atoms with Crippen LogP contribution in [0.5, 0.6) is 5.75 Å². The molecular weight excluding hydrogens is 150 g/mol. The summed E-state index contributed by atoms with van der Waals surface area (Å²) in [6.45, 7) is 4.52. The highest BCUT2D eigenvalue weighted by Crippen LogP contribution is 2.12. The van der Waals surface area contributed by atoms with Gasteiger partial charge in [0.1, 0.15) is 5.75 Å². The number of nitrogens with two attached hydrogens (primary N) is 1. The van der Waals surface area contributed by atoms with Gasteiger partial charge in [-0.15, -0.1) is 0 Å². The van der Waals surface area contributed by atoms with Gasteiger partial charge in [0.2, 0.25) is 0 Å². The van der Waals surface area contributed by atoms with Gasteiger partial charge < -0.3 is 10.5 Å². The van der Waals surface area contributed by atoms with Crippen LogP contribution in [0.2, 0.25) is 0 Å². The fourth-order valence-corrected chi connectivity index (χ4v) is 0.915. The van der Waals surface area contributed by atoms with Gasteiger partial charge in [-0.25, -0.2) is 0 Å². The second-order valence-corrected chi connectivity index (χ2v) is 2.92. The monoisotopic (exact) mass is 164 g/mol.